The lowest BCUT2D eigenvalue weighted by atomic mass is 10.1. The highest BCUT2D eigenvalue weighted by molar-refractivity contribution is 7.14. The molecule has 0 radical (unpaired) electrons. The van der Waals surface area contributed by atoms with Gasteiger partial charge >= 0.3 is 6.61 Å². The molecule has 31 heavy (non-hydrogen) atoms. The van der Waals surface area contributed by atoms with E-state index in [9.17, 15) is 13.6 Å². The molecule has 7 nitrogen and oxygen atoms in total. The van der Waals surface area contributed by atoms with Crippen LogP contribution in [0.3, 0.4) is 0 Å². The minimum absolute atomic E-state index is 0.0539. The number of aromatic nitrogens is 1. The number of methoxy groups -OCH3 is 2. The van der Waals surface area contributed by atoms with Crippen LogP contribution in [0.4, 0.5) is 13.9 Å². The first-order valence-electron chi connectivity index (χ1n) is 9.16. The summed E-state index contributed by atoms with van der Waals surface area (Å²) in [5.41, 5.74) is 1.58. The van der Waals surface area contributed by atoms with E-state index in [0.717, 1.165) is 5.56 Å². The Hall–Kier alpha value is -3.40. The van der Waals surface area contributed by atoms with Crippen molar-refractivity contribution in [2.45, 2.75) is 13.5 Å². The van der Waals surface area contributed by atoms with Gasteiger partial charge in [0.2, 0.25) is 0 Å². The van der Waals surface area contributed by atoms with Crippen molar-refractivity contribution in [3.05, 3.63) is 47.3 Å². The quantitative estimate of drug-likeness (QED) is 0.490. The van der Waals surface area contributed by atoms with Gasteiger partial charge in [-0.15, -0.1) is 11.3 Å². The SMILES string of the molecule is CCOc1cc(C(=O)Nc2nc(-c3ccc(OC)cc3OC)cs2)ccc1OC(F)F. The van der Waals surface area contributed by atoms with Crippen LogP contribution in [0.25, 0.3) is 11.3 Å². The molecule has 3 aromatic rings. The summed E-state index contributed by atoms with van der Waals surface area (Å²) in [4.78, 5) is 17.1. The Morgan fingerprint density at radius 2 is 1.90 bits per heavy atom. The lowest BCUT2D eigenvalue weighted by Crippen LogP contribution is -2.12. The number of hydrogen-bond donors (Lipinski definition) is 1. The van der Waals surface area contributed by atoms with Crippen molar-refractivity contribution in [1.29, 1.82) is 0 Å². The number of amides is 1. The molecule has 0 aliphatic heterocycles. The molecule has 0 bridgehead atoms. The zero-order valence-electron chi connectivity index (χ0n) is 17.0. The molecule has 1 heterocycles. The lowest BCUT2D eigenvalue weighted by molar-refractivity contribution is -0.0514. The van der Waals surface area contributed by atoms with Gasteiger partial charge in [0.1, 0.15) is 11.5 Å². The molecule has 1 N–H and O–H groups in total. The number of thiazole rings is 1. The maximum atomic E-state index is 12.6. The number of carbonyl (C=O) groups is 1. The zero-order valence-corrected chi connectivity index (χ0v) is 17.8. The fraction of sp³-hybridized carbons (Fsp3) is 0.238. The number of alkyl halides is 2. The highest BCUT2D eigenvalue weighted by Crippen LogP contribution is 2.35. The molecular formula is C21H20F2N2O5S. The summed E-state index contributed by atoms with van der Waals surface area (Å²) in [5.74, 6) is 0.675. The molecule has 0 aliphatic rings. The first-order valence-corrected chi connectivity index (χ1v) is 10.0. The van der Waals surface area contributed by atoms with E-state index in [1.807, 2.05) is 6.07 Å². The van der Waals surface area contributed by atoms with Gasteiger partial charge in [0.15, 0.2) is 16.6 Å². The predicted molar refractivity (Wildman–Crippen MR) is 113 cm³/mol. The fourth-order valence-corrected chi connectivity index (χ4v) is 3.45. The summed E-state index contributed by atoms with van der Waals surface area (Å²) in [6, 6.07) is 9.32. The van der Waals surface area contributed by atoms with Crippen molar-refractivity contribution in [2.75, 3.05) is 26.1 Å². The zero-order chi connectivity index (χ0) is 22.4. The van der Waals surface area contributed by atoms with Crippen LogP contribution in [0.5, 0.6) is 23.0 Å². The first kappa shape index (κ1) is 22.3. The van der Waals surface area contributed by atoms with Gasteiger partial charge in [-0.2, -0.15) is 8.78 Å². The maximum absolute atomic E-state index is 12.6. The fourth-order valence-electron chi connectivity index (χ4n) is 2.75. The summed E-state index contributed by atoms with van der Waals surface area (Å²) in [6.45, 7) is -1.07. The molecule has 0 aliphatic carbocycles. The molecule has 3 rings (SSSR count). The third-order valence-electron chi connectivity index (χ3n) is 4.13. The van der Waals surface area contributed by atoms with Crippen molar-refractivity contribution in [3.8, 4) is 34.3 Å². The summed E-state index contributed by atoms with van der Waals surface area (Å²) in [5, 5.41) is 4.84. The Bertz CT molecular complexity index is 1060. The molecule has 0 unspecified atom stereocenters. The second-order valence-electron chi connectivity index (χ2n) is 6.03. The molecular weight excluding hydrogens is 430 g/mol. The van der Waals surface area contributed by atoms with Crippen LogP contribution in [0, 0.1) is 0 Å². The van der Waals surface area contributed by atoms with Crippen LogP contribution in [0.15, 0.2) is 41.8 Å². The third kappa shape index (κ3) is 5.40. The first-order chi connectivity index (χ1) is 14.9. The molecule has 1 amide bonds. The van der Waals surface area contributed by atoms with E-state index in [2.05, 4.69) is 15.0 Å². The number of nitrogens with zero attached hydrogens (tertiary/aromatic N) is 1. The molecule has 0 fully saturated rings. The van der Waals surface area contributed by atoms with Crippen molar-refractivity contribution in [3.63, 3.8) is 0 Å². The smallest absolute Gasteiger partial charge is 0.387 e. The van der Waals surface area contributed by atoms with Gasteiger partial charge in [0, 0.05) is 22.6 Å². The number of carbonyl (C=O) groups excluding carboxylic acids is 1. The molecule has 2 aromatic carbocycles. The van der Waals surface area contributed by atoms with Gasteiger partial charge in [-0.1, -0.05) is 0 Å². The summed E-state index contributed by atoms with van der Waals surface area (Å²) < 4.78 is 45.4. The standard InChI is InChI=1S/C21H20F2N2O5S/c1-4-29-18-9-12(5-8-16(18)30-20(22)23)19(26)25-21-24-15(11-31-21)14-7-6-13(27-2)10-17(14)28-3/h5-11,20H,4H2,1-3H3,(H,24,25,26). The number of ether oxygens (including phenoxy) is 4. The number of nitrogens with one attached hydrogen (secondary N) is 1. The van der Waals surface area contributed by atoms with Gasteiger partial charge < -0.3 is 18.9 Å². The van der Waals surface area contributed by atoms with E-state index < -0.39 is 12.5 Å². The molecule has 1 aromatic heterocycles. The normalized spacial score (nSPS) is 10.6. The van der Waals surface area contributed by atoms with E-state index in [1.165, 1.54) is 29.5 Å². The number of halogens is 2. The highest BCUT2D eigenvalue weighted by Gasteiger charge is 2.17. The Morgan fingerprint density at radius 1 is 1.10 bits per heavy atom. The molecule has 10 heteroatoms. The number of rotatable bonds is 9. The van der Waals surface area contributed by atoms with Crippen LogP contribution in [-0.4, -0.2) is 38.3 Å². The minimum Gasteiger partial charge on any atom is -0.497 e. The topological polar surface area (TPSA) is 78.9 Å². The van der Waals surface area contributed by atoms with Crippen LogP contribution >= 0.6 is 11.3 Å². The second-order valence-corrected chi connectivity index (χ2v) is 6.89. The second kappa shape index (κ2) is 10.1. The number of benzene rings is 2. The average Bonchev–Trinajstić information content (AvgIpc) is 3.22. The molecule has 0 atom stereocenters. The monoisotopic (exact) mass is 450 g/mol. The van der Waals surface area contributed by atoms with Gasteiger partial charge in [-0.05, 0) is 37.3 Å². The van der Waals surface area contributed by atoms with E-state index >= 15 is 0 Å². The molecule has 0 spiro atoms. The lowest BCUT2D eigenvalue weighted by Gasteiger charge is -2.12. The Morgan fingerprint density at radius 3 is 2.58 bits per heavy atom. The summed E-state index contributed by atoms with van der Waals surface area (Å²) in [6.07, 6.45) is 0. The van der Waals surface area contributed by atoms with Gasteiger partial charge in [0.05, 0.1) is 26.5 Å². The van der Waals surface area contributed by atoms with Gasteiger partial charge in [-0.25, -0.2) is 4.98 Å². The number of anilines is 1. The van der Waals surface area contributed by atoms with Crippen LogP contribution in [0.1, 0.15) is 17.3 Å². The number of hydrogen-bond acceptors (Lipinski definition) is 7. The molecule has 164 valence electrons. The minimum atomic E-state index is -3.00. The van der Waals surface area contributed by atoms with Crippen LogP contribution in [0.2, 0.25) is 0 Å². The van der Waals surface area contributed by atoms with Crippen LogP contribution in [-0.2, 0) is 0 Å². The van der Waals surface area contributed by atoms with E-state index in [1.54, 1.807) is 38.7 Å². The van der Waals surface area contributed by atoms with Crippen molar-refractivity contribution >= 4 is 22.4 Å². The Kier molecular flexibility index (Phi) is 7.24. The maximum Gasteiger partial charge on any atom is 0.387 e. The Labute approximate surface area is 181 Å². The summed E-state index contributed by atoms with van der Waals surface area (Å²) in [7, 11) is 3.11. The van der Waals surface area contributed by atoms with Crippen molar-refractivity contribution in [1.82, 2.24) is 4.98 Å². The third-order valence-corrected chi connectivity index (χ3v) is 4.89. The highest BCUT2D eigenvalue weighted by atomic mass is 32.1. The van der Waals surface area contributed by atoms with Crippen molar-refractivity contribution in [2.24, 2.45) is 0 Å². The van der Waals surface area contributed by atoms with E-state index in [0.29, 0.717) is 22.3 Å². The van der Waals surface area contributed by atoms with Crippen molar-refractivity contribution < 1.29 is 32.5 Å². The van der Waals surface area contributed by atoms with E-state index in [-0.39, 0.29) is 23.7 Å². The van der Waals surface area contributed by atoms with Gasteiger partial charge in [0.25, 0.3) is 5.91 Å². The van der Waals surface area contributed by atoms with E-state index in [4.69, 9.17) is 14.2 Å². The molecule has 0 saturated heterocycles. The summed E-state index contributed by atoms with van der Waals surface area (Å²) >= 11 is 1.24. The Balaban J connectivity index is 1.79. The van der Waals surface area contributed by atoms with Crippen LogP contribution < -0.4 is 24.3 Å². The largest absolute Gasteiger partial charge is 0.497 e. The molecule has 0 saturated carbocycles. The predicted octanol–water partition coefficient (Wildman–Crippen LogP) is 5.08. The average molecular weight is 450 g/mol. The van der Waals surface area contributed by atoms with Gasteiger partial charge in [-0.3, -0.25) is 10.1 Å².